The minimum atomic E-state index is -0.318. The minimum Gasteiger partial charge on any atom is -0.330 e. The Bertz CT molecular complexity index is 1560. The minimum absolute atomic E-state index is 0.0724. The first-order chi connectivity index (χ1) is 16.3. The van der Waals surface area contributed by atoms with E-state index in [4.69, 9.17) is 0 Å². The molecule has 0 atom stereocenters. The van der Waals surface area contributed by atoms with Crippen LogP contribution in [0.15, 0.2) is 67.1 Å². The topological polar surface area (TPSA) is 73.0 Å². The van der Waals surface area contributed by atoms with Crippen molar-refractivity contribution in [2.24, 2.45) is 0 Å². The van der Waals surface area contributed by atoms with Crippen molar-refractivity contribution in [3.8, 4) is 11.1 Å². The normalized spacial score (nSPS) is 11.3. The van der Waals surface area contributed by atoms with Gasteiger partial charge in [-0.2, -0.15) is 0 Å². The van der Waals surface area contributed by atoms with Gasteiger partial charge in [-0.25, -0.2) is 14.2 Å². The molecule has 0 aliphatic carbocycles. The maximum Gasteiger partial charge on any atom is 0.328 e. The van der Waals surface area contributed by atoms with Crippen LogP contribution in [0.1, 0.15) is 16.2 Å². The lowest BCUT2D eigenvalue weighted by Gasteiger charge is -2.12. The zero-order valence-electron chi connectivity index (χ0n) is 19.0. The predicted molar refractivity (Wildman–Crippen MR) is 128 cm³/mol. The number of ketones is 1. The Balaban J connectivity index is 1.61. The molecule has 0 radical (unpaired) electrons. The number of hydrogen-bond acceptors (Lipinski definition) is 4. The van der Waals surface area contributed by atoms with Crippen molar-refractivity contribution in [1.29, 1.82) is 0 Å². The second kappa shape index (κ2) is 8.22. The van der Waals surface area contributed by atoms with Gasteiger partial charge in [-0.15, -0.1) is 0 Å². The van der Waals surface area contributed by atoms with Gasteiger partial charge >= 0.3 is 6.03 Å². The fraction of sp³-hybridized carbons (Fsp3) is 0.154. The molecule has 0 bridgehead atoms. The Labute approximate surface area is 195 Å². The van der Waals surface area contributed by atoms with Crippen LogP contribution in [0.5, 0.6) is 0 Å². The molecule has 0 spiro atoms. The van der Waals surface area contributed by atoms with Gasteiger partial charge < -0.3 is 9.47 Å². The van der Waals surface area contributed by atoms with E-state index in [0.717, 1.165) is 22.2 Å². The van der Waals surface area contributed by atoms with Crippen molar-refractivity contribution in [2.45, 2.75) is 13.5 Å². The molecule has 34 heavy (non-hydrogen) atoms. The molecule has 0 saturated heterocycles. The summed E-state index contributed by atoms with van der Waals surface area (Å²) in [5.41, 5.74) is 4.24. The maximum atomic E-state index is 13.5. The molecule has 0 saturated carbocycles. The van der Waals surface area contributed by atoms with Gasteiger partial charge in [-0.3, -0.25) is 14.3 Å². The molecule has 8 heteroatoms. The SMILES string of the molecule is Cc1nc2ccncc2n1CC(=O)c1cn(C(=O)N(C)C)c2cc(-c3ccc(F)cc3)ccc12. The highest BCUT2D eigenvalue weighted by Crippen LogP contribution is 2.29. The van der Waals surface area contributed by atoms with Crippen LogP contribution in [0.4, 0.5) is 9.18 Å². The zero-order valence-corrected chi connectivity index (χ0v) is 19.0. The number of imidazole rings is 1. The first kappa shape index (κ1) is 21.5. The van der Waals surface area contributed by atoms with Crippen molar-refractivity contribution in [1.82, 2.24) is 24.0 Å². The predicted octanol–water partition coefficient (Wildman–Crippen LogP) is 4.91. The number of nitrogens with zero attached hydrogens (tertiary/aromatic N) is 5. The van der Waals surface area contributed by atoms with Gasteiger partial charge in [0.05, 0.1) is 29.3 Å². The second-order valence-corrected chi connectivity index (χ2v) is 8.36. The highest BCUT2D eigenvalue weighted by molar-refractivity contribution is 6.11. The van der Waals surface area contributed by atoms with E-state index in [-0.39, 0.29) is 24.2 Å². The van der Waals surface area contributed by atoms with Gasteiger partial charge in [0.2, 0.25) is 0 Å². The summed E-state index contributed by atoms with van der Waals surface area (Å²) in [7, 11) is 3.32. The molecule has 5 aromatic rings. The Hall–Kier alpha value is -4.33. The summed E-state index contributed by atoms with van der Waals surface area (Å²) in [6, 6.07) is 13.3. The summed E-state index contributed by atoms with van der Waals surface area (Å²) >= 11 is 0. The lowest BCUT2D eigenvalue weighted by atomic mass is 10.0. The van der Waals surface area contributed by atoms with E-state index < -0.39 is 0 Å². The fourth-order valence-corrected chi connectivity index (χ4v) is 4.16. The zero-order chi connectivity index (χ0) is 24.0. The molecule has 2 aromatic carbocycles. The number of carbonyl (C=O) groups is 2. The number of benzene rings is 2. The van der Waals surface area contributed by atoms with Crippen LogP contribution >= 0.6 is 0 Å². The third kappa shape index (κ3) is 3.63. The number of aromatic nitrogens is 4. The van der Waals surface area contributed by atoms with Crippen molar-refractivity contribution in [2.75, 3.05) is 14.1 Å². The molecule has 7 nitrogen and oxygen atoms in total. The molecule has 1 amide bonds. The molecule has 0 fully saturated rings. The molecule has 3 aromatic heterocycles. The number of aryl methyl sites for hydroxylation is 1. The van der Waals surface area contributed by atoms with Gasteiger partial charge in [-0.05, 0) is 42.3 Å². The monoisotopic (exact) mass is 455 g/mol. The summed E-state index contributed by atoms with van der Waals surface area (Å²) in [5, 5.41) is 0.672. The summed E-state index contributed by atoms with van der Waals surface area (Å²) in [6.45, 7) is 1.92. The number of Topliss-reactive ketones (excluding diaryl/α,β-unsaturated/α-hetero) is 1. The van der Waals surface area contributed by atoms with E-state index in [1.54, 1.807) is 44.8 Å². The first-order valence-corrected chi connectivity index (χ1v) is 10.8. The Morgan fingerprint density at radius 3 is 2.47 bits per heavy atom. The van der Waals surface area contributed by atoms with E-state index in [0.29, 0.717) is 22.3 Å². The van der Waals surface area contributed by atoms with Crippen molar-refractivity contribution in [3.05, 3.63) is 84.3 Å². The van der Waals surface area contributed by atoms with Crippen LogP contribution in [0, 0.1) is 12.7 Å². The van der Waals surface area contributed by atoms with E-state index in [1.165, 1.54) is 21.6 Å². The average molecular weight is 455 g/mol. The van der Waals surface area contributed by atoms with Gasteiger partial charge in [0, 0.05) is 37.4 Å². The van der Waals surface area contributed by atoms with E-state index >= 15 is 0 Å². The number of halogens is 1. The molecular formula is C26H22FN5O2. The first-order valence-electron chi connectivity index (χ1n) is 10.8. The number of amides is 1. The number of carbonyl (C=O) groups excluding carboxylic acids is 2. The number of pyridine rings is 1. The standard InChI is InChI=1S/C26H22FN5O2/c1-16-29-22-10-11-28-13-24(22)31(16)15-25(33)21-14-32(26(34)30(2)3)23-12-18(6-9-20(21)23)17-4-7-19(27)8-5-17/h4-14H,15H2,1-3H3. The van der Waals surface area contributed by atoms with Gasteiger partial charge in [0.15, 0.2) is 5.78 Å². The quantitative estimate of drug-likeness (QED) is 0.361. The molecule has 170 valence electrons. The molecule has 0 aliphatic rings. The van der Waals surface area contributed by atoms with Gasteiger partial charge in [0.1, 0.15) is 11.6 Å². The van der Waals surface area contributed by atoms with E-state index in [1.807, 2.05) is 35.8 Å². The summed E-state index contributed by atoms with van der Waals surface area (Å²) in [4.78, 5) is 36.5. The average Bonchev–Trinajstić information content (AvgIpc) is 3.36. The summed E-state index contributed by atoms with van der Waals surface area (Å²) in [6.07, 6.45) is 4.95. The Kier molecular flexibility index (Phi) is 5.20. The molecule has 3 heterocycles. The number of rotatable bonds is 4. The lowest BCUT2D eigenvalue weighted by Crippen LogP contribution is -2.26. The fourth-order valence-electron chi connectivity index (χ4n) is 4.16. The van der Waals surface area contributed by atoms with Crippen LogP contribution in [-0.4, -0.2) is 49.9 Å². The number of hydrogen-bond donors (Lipinski definition) is 0. The highest BCUT2D eigenvalue weighted by atomic mass is 19.1. The van der Waals surface area contributed by atoms with Crippen LogP contribution in [0.25, 0.3) is 33.1 Å². The van der Waals surface area contributed by atoms with Crippen LogP contribution in [0.2, 0.25) is 0 Å². The third-order valence-electron chi connectivity index (χ3n) is 5.92. The second-order valence-electron chi connectivity index (χ2n) is 8.36. The molecular weight excluding hydrogens is 433 g/mol. The molecule has 0 unspecified atom stereocenters. The summed E-state index contributed by atoms with van der Waals surface area (Å²) in [5.74, 6) is 0.250. The number of fused-ring (bicyclic) bond motifs is 2. The van der Waals surface area contributed by atoms with Gasteiger partial charge in [0.25, 0.3) is 0 Å². The van der Waals surface area contributed by atoms with E-state index in [2.05, 4.69) is 9.97 Å². The molecule has 0 aliphatic heterocycles. The molecule has 5 rings (SSSR count). The smallest absolute Gasteiger partial charge is 0.328 e. The largest absolute Gasteiger partial charge is 0.330 e. The van der Waals surface area contributed by atoms with Crippen LogP contribution in [0.3, 0.4) is 0 Å². The Morgan fingerprint density at radius 1 is 1.00 bits per heavy atom. The van der Waals surface area contributed by atoms with Crippen molar-refractivity contribution in [3.63, 3.8) is 0 Å². The highest BCUT2D eigenvalue weighted by Gasteiger charge is 2.21. The van der Waals surface area contributed by atoms with Crippen molar-refractivity contribution >= 4 is 33.8 Å². The summed E-state index contributed by atoms with van der Waals surface area (Å²) < 4.78 is 16.7. The maximum absolute atomic E-state index is 13.5. The lowest BCUT2D eigenvalue weighted by molar-refractivity contribution is 0.0974. The van der Waals surface area contributed by atoms with Gasteiger partial charge in [-0.1, -0.05) is 24.3 Å². The molecule has 0 N–H and O–H groups in total. The third-order valence-corrected chi connectivity index (χ3v) is 5.92. The van der Waals surface area contributed by atoms with E-state index in [9.17, 15) is 14.0 Å². The van der Waals surface area contributed by atoms with Crippen LogP contribution < -0.4 is 0 Å². The van der Waals surface area contributed by atoms with Crippen LogP contribution in [-0.2, 0) is 6.54 Å². The Morgan fingerprint density at radius 2 is 1.74 bits per heavy atom. The van der Waals surface area contributed by atoms with Crippen molar-refractivity contribution < 1.29 is 14.0 Å².